The van der Waals surface area contributed by atoms with Gasteiger partial charge in [-0.2, -0.15) is 0 Å². The van der Waals surface area contributed by atoms with Crippen LogP contribution in [0.25, 0.3) is 21.8 Å². The zero-order valence-corrected chi connectivity index (χ0v) is 16.7. The monoisotopic (exact) mass is 396 g/mol. The molecule has 6 rings (SSSR count). The Balaban J connectivity index is 1.52. The van der Waals surface area contributed by atoms with E-state index in [4.69, 9.17) is 11.6 Å². The van der Waals surface area contributed by atoms with Crippen LogP contribution in [0.3, 0.4) is 0 Å². The summed E-state index contributed by atoms with van der Waals surface area (Å²) in [5, 5.41) is 3.33. The number of rotatable bonds is 2. The highest BCUT2D eigenvalue weighted by Gasteiger charge is 2.33. The summed E-state index contributed by atoms with van der Waals surface area (Å²) in [6.07, 6.45) is 2.05. The summed E-state index contributed by atoms with van der Waals surface area (Å²) in [6.45, 7) is 0. The van der Waals surface area contributed by atoms with Gasteiger partial charge in [-0.15, -0.1) is 0 Å². The predicted octanol–water partition coefficient (Wildman–Crippen LogP) is 6.97. The third-order valence-corrected chi connectivity index (χ3v) is 6.70. The van der Waals surface area contributed by atoms with Crippen LogP contribution in [-0.4, -0.2) is 9.97 Å². The largest absolute Gasteiger partial charge is 0.358 e. The minimum Gasteiger partial charge on any atom is -0.358 e. The number of aromatic nitrogens is 2. The molecular formula is C26H21ClN2. The first-order valence-corrected chi connectivity index (χ1v) is 10.6. The first-order valence-electron chi connectivity index (χ1n) is 10.2. The van der Waals surface area contributed by atoms with E-state index in [-0.39, 0.29) is 0 Å². The molecule has 2 heterocycles. The quantitative estimate of drug-likeness (QED) is 0.323. The van der Waals surface area contributed by atoms with E-state index in [0.717, 1.165) is 23.4 Å². The number of hydrogen-bond donors (Lipinski definition) is 2. The zero-order chi connectivity index (χ0) is 19.4. The van der Waals surface area contributed by atoms with E-state index in [1.54, 1.807) is 0 Å². The van der Waals surface area contributed by atoms with Crippen LogP contribution in [0, 0.1) is 0 Å². The van der Waals surface area contributed by atoms with Gasteiger partial charge in [0.05, 0.1) is 0 Å². The number of H-pyrrole nitrogens is 2. The Morgan fingerprint density at radius 3 is 2.45 bits per heavy atom. The molecule has 0 amide bonds. The van der Waals surface area contributed by atoms with Crippen LogP contribution in [0.4, 0.5) is 0 Å². The van der Waals surface area contributed by atoms with Gasteiger partial charge in [0, 0.05) is 44.1 Å². The molecule has 0 saturated heterocycles. The summed E-state index contributed by atoms with van der Waals surface area (Å²) in [5.41, 5.74) is 7.95. The maximum atomic E-state index is 6.24. The maximum absolute atomic E-state index is 6.24. The molecule has 3 aromatic carbocycles. The van der Waals surface area contributed by atoms with E-state index >= 15 is 0 Å². The molecule has 0 aliphatic heterocycles. The normalized spacial score (nSPS) is 18.9. The molecule has 142 valence electrons. The van der Waals surface area contributed by atoms with Gasteiger partial charge in [-0.1, -0.05) is 60.1 Å². The van der Waals surface area contributed by atoms with Crippen LogP contribution in [0.5, 0.6) is 0 Å². The molecule has 1 aliphatic rings. The van der Waals surface area contributed by atoms with Crippen molar-refractivity contribution in [1.82, 2.24) is 9.97 Å². The molecule has 0 spiro atoms. The second kappa shape index (κ2) is 6.53. The molecule has 1 aliphatic carbocycles. The Morgan fingerprint density at radius 2 is 1.55 bits per heavy atom. The van der Waals surface area contributed by atoms with E-state index in [0.29, 0.717) is 11.8 Å². The SMILES string of the molecule is Clc1ccc2[nH]c([C@H]3Cc4c([nH]c5ccccc45)C[C@H]3c3ccccc3)cc2c1. The highest BCUT2D eigenvalue weighted by Crippen LogP contribution is 2.45. The van der Waals surface area contributed by atoms with Gasteiger partial charge in [0.15, 0.2) is 0 Å². The van der Waals surface area contributed by atoms with Crippen LogP contribution in [0.1, 0.15) is 34.4 Å². The van der Waals surface area contributed by atoms with Gasteiger partial charge in [-0.05, 0) is 60.2 Å². The molecule has 2 aromatic heterocycles. The highest BCUT2D eigenvalue weighted by molar-refractivity contribution is 6.31. The number of nitrogens with one attached hydrogen (secondary N) is 2. The third kappa shape index (κ3) is 2.79. The summed E-state index contributed by atoms with van der Waals surface area (Å²) >= 11 is 6.24. The number of para-hydroxylation sites is 1. The average Bonchev–Trinajstić information content (AvgIpc) is 3.33. The summed E-state index contributed by atoms with van der Waals surface area (Å²) < 4.78 is 0. The fourth-order valence-electron chi connectivity index (χ4n) is 5.09. The van der Waals surface area contributed by atoms with Crippen molar-refractivity contribution in [3.63, 3.8) is 0 Å². The van der Waals surface area contributed by atoms with Crippen molar-refractivity contribution < 1.29 is 0 Å². The predicted molar refractivity (Wildman–Crippen MR) is 121 cm³/mol. The topological polar surface area (TPSA) is 31.6 Å². The van der Waals surface area contributed by atoms with Gasteiger partial charge in [0.2, 0.25) is 0 Å². The minimum atomic E-state index is 0.398. The molecule has 3 heteroatoms. The van der Waals surface area contributed by atoms with E-state index in [1.165, 1.54) is 38.8 Å². The fraction of sp³-hybridized carbons (Fsp3) is 0.154. The van der Waals surface area contributed by atoms with Crippen molar-refractivity contribution in [1.29, 1.82) is 0 Å². The summed E-state index contributed by atoms with van der Waals surface area (Å²) in [4.78, 5) is 7.39. The molecular weight excluding hydrogens is 376 g/mol. The number of fused-ring (bicyclic) bond motifs is 4. The van der Waals surface area contributed by atoms with E-state index in [2.05, 4.69) is 76.7 Å². The van der Waals surface area contributed by atoms with Gasteiger partial charge < -0.3 is 9.97 Å². The number of hydrogen-bond acceptors (Lipinski definition) is 0. The lowest BCUT2D eigenvalue weighted by molar-refractivity contribution is 0.491. The highest BCUT2D eigenvalue weighted by atomic mass is 35.5. The lowest BCUT2D eigenvalue weighted by Gasteiger charge is -2.32. The van der Waals surface area contributed by atoms with Crippen molar-refractivity contribution in [2.45, 2.75) is 24.7 Å². The molecule has 2 nitrogen and oxygen atoms in total. The molecule has 5 aromatic rings. The average molecular weight is 397 g/mol. The van der Waals surface area contributed by atoms with Crippen molar-refractivity contribution >= 4 is 33.4 Å². The Hall–Kier alpha value is -2.97. The first-order chi connectivity index (χ1) is 14.3. The van der Waals surface area contributed by atoms with Crippen molar-refractivity contribution in [2.75, 3.05) is 0 Å². The standard InChI is InChI=1S/C26H21ClN2/c27-18-10-11-23-17(12-18)13-25(28-23)22-14-21-19-8-4-5-9-24(19)29-26(21)15-20(22)16-6-2-1-3-7-16/h1-13,20,22,28-29H,14-15H2/t20-,22-/m0/s1. The Labute approximate surface area is 174 Å². The summed E-state index contributed by atoms with van der Waals surface area (Å²) in [6, 6.07) is 28.0. The van der Waals surface area contributed by atoms with Crippen LogP contribution in [0.15, 0.2) is 78.9 Å². The second-order valence-corrected chi connectivity index (χ2v) is 8.55. The molecule has 2 atom stereocenters. The van der Waals surface area contributed by atoms with E-state index in [9.17, 15) is 0 Å². The third-order valence-electron chi connectivity index (χ3n) is 6.47. The lowest BCUT2D eigenvalue weighted by atomic mass is 9.73. The van der Waals surface area contributed by atoms with Gasteiger partial charge in [-0.3, -0.25) is 0 Å². The van der Waals surface area contributed by atoms with Gasteiger partial charge in [0.25, 0.3) is 0 Å². The first kappa shape index (κ1) is 16.9. The molecule has 2 N–H and O–H groups in total. The van der Waals surface area contributed by atoms with Crippen molar-refractivity contribution in [3.8, 4) is 0 Å². The number of benzene rings is 3. The van der Waals surface area contributed by atoms with Crippen molar-refractivity contribution in [2.24, 2.45) is 0 Å². The van der Waals surface area contributed by atoms with Crippen molar-refractivity contribution in [3.05, 3.63) is 106 Å². The Bertz CT molecular complexity index is 1330. The van der Waals surface area contributed by atoms with Crippen LogP contribution in [0.2, 0.25) is 5.02 Å². The van der Waals surface area contributed by atoms with E-state index in [1.807, 2.05) is 12.1 Å². The number of halogens is 1. The Kier molecular flexibility index (Phi) is 3.82. The van der Waals surface area contributed by atoms with Gasteiger partial charge in [-0.25, -0.2) is 0 Å². The van der Waals surface area contributed by atoms with Crippen LogP contribution >= 0.6 is 11.6 Å². The fourth-order valence-corrected chi connectivity index (χ4v) is 5.27. The second-order valence-electron chi connectivity index (χ2n) is 8.12. The van der Waals surface area contributed by atoms with Crippen LogP contribution < -0.4 is 0 Å². The summed E-state index contributed by atoms with van der Waals surface area (Å²) in [7, 11) is 0. The van der Waals surface area contributed by atoms with Gasteiger partial charge in [0.1, 0.15) is 0 Å². The molecule has 29 heavy (non-hydrogen) atoms. The molecule has 0 saturated carbocycles. The zero-order valence-electron chi connectivity index (χ0n) is 16.0. The molecule has 0 bridgehead atoms. The van der Waals surface area contributed by atoms with Crippen LogP contribution in [-0.2, 0) is 12.8 Å². The summed E-state index contributed by atoms with van der Waals surface area (Å²) in [5.74, 6) is 0.829. The van der Waals surface area contributed by atoms with E-state index < -0.39 is 0 Å². The Morgan fingerprint density at radius 1 is 0.724 bits per heavy atom. The molecule has 0 radical (unpaired) electrons. The molecule has 0 unspecified atom stereocenters. The number of aromatic amines is 2. The molecule has 0 fully saturated rings. The van der Waals surface area contributed by atoms with Gasteiger partial charge >= 0.3 is 0 Å². The smallest absolute Gasteiger partial charge is 0.0458 e. The minimum absolute atomic E-state index is 0.398. The lowest BCUT2D eigenvalue weighted by Crippen LogP contribution is -2.22. The maximum Gasteiger partial charge on any atom is 0.0458 e.